The van der Waals surface area contributed by atoms with Gasteiger partial charge in [0.25, 0.3) is 0 Å². The summed E-state index contributed by atoms with van der Waals surface area (Å²) in [6.45, 7) is 6.42. The zero-order chi connectivity index (χ0) is 14.8. The average Bonchev–Trinajstić information content (AvgIpc) is 3.11. The van der Waals surface area contributed by atoms with Crippen LogP contribution in [0, 0.1) is 0 Å². The summed E-state index contributed by atoms with van der Waals surface area (Å²) in [5.74, 6) is 1.02. The molecule has 1 aliphatic heterocycles. The maximum Gasteiger partial charge on any atom is 0.318 e. The number of nitrogens with zero attached hydrogens (tertiary/aromatic N) is 3. The van der Waals surface area contributed by atoms with E-state index in [0.29, 0.717) is 6.54 Å². The van der Waals surface area contributed by atoms with Gasteiger partial charge in [-0.1, -0.05) is 12.1 Å². The first kappa shape index (κ1) is 13.9. The molecule has 5 nitrogen and oxygen atoms in total. The van der Waals surface area contributed by atoms with Crippen molar-refractivity contribution in [1.29, 1.82) is 0 Å². The molecule has 1 atom stereocenters. The number of hydrogen-bond donors (Lipinski definition) is 1. The van der Waals surface area contributed by atoms with Crippen molar-refractivity contribution in [3.05, 3.63) is 30.1 Å². The molecule has 1 saturated heterocycles. The van der Waals surface area contributed by atoms with Crippen LogP contribution in [0.5, 0.6) is 0 Å². The van der Waals surface area contributed by atoms with Crippen LogP contribution < -0.4 is 5.32 Å². The molecule has 112 valence electrons. The van der Waals surface area contributed by atoms with E-state index in [2.05, 4.69) is 22.9 Å². The van der Waals surface area contributed by atoms with E-state index >= 15 is 0 Å². The van der Waals surface area contributed by atoms with Crippen molar-refractivity contribution in [2.24, 2.45) is 0 Å². The number of carbonyl (C=O) groups is 1. The third-order valence-electron chi connectivity index (χ3n) is 4.14. The number of urea groups is 1. The number of aryl methyl sites for hydroxylation is 1. The molecule has 0 radical (unpaired) electrons. The number of likely N-dealkylation sites (tertiary alicyclic amines) is 1. The van der Waals surface area contributed by atoms with Gasteiger partial charge in [0, 0.05) is 19.6 Å². The van der Waals surface area contributed by atoms with E-state index in [9.17, 15) is 4.79 Å². The normalized spacial score (nSPS) is 18.4. The van der Waals surface area contributed by atoms with Gasteiger partial charge in [-0.25, -0.2) is 9.78 Å². The topological polar surface area (TPSA) is 50.2 Å². The Balaban J connectivity index is 2.00. The van der Waals surface area contributed by atoms with Gasteiger partial charge in [-0.2, -0.15) is 0 Å². The quantitative estimate of drug-likeness (QED) is 0.943. The van der Waals surface area contributed by atoms with E-state index < -0.39 is 0 Å². The van der Waals surface area contributed by atoms with Gasteiger partial charge in [0.2, 0.25) is 0 Å². The van der Waals surface area contributed by atoms with Crippen molar-refractivity contribution < 1.29 is 4.79 Å². The van der Waals surface area contributed by atoms with Gasteiger partial charge in [-0.05, 0) is 38.8 Å². The van der Waals surface area contributed by atoms with Crippen molar-refractivity contribution in [3.63, 3.8) is 0 Å². The summed E-state index contributed by atoms with van der Waals surface area (Å²) in [6.07, 6.45) is 2.02. The smallest absolute Gasteiger partial charge is 0.318 e. The molecule has 1 aromatic heterocycles. The highest BCUT2D eigenvalue weighted by molar-refractivity contribution is 5.77. The largest absolute Gasteiger partial charge is 0.338 e. The molecular weight excluding hydrogens is 264 g/mol. The van der Waals surface area contributed by atoms with Gasteiger partial charge >= 0.3 is 6.03 Å². The summed E-state index contributed by atoms with van der Waals surface area (Å²) in [4.78, 5) is 18.9. The van der Waals surface area contributed by atoms with Crippen LogP contribution in [0.1, 0.15) is 38.6 Å². The van der Waals surface area contributed by atoms with Crippen LogP contribution in [-0.2, 0) is 6.54 Å². The number of carbonyl (C=O) groups excluding carboxylic acids is 1. The van der Waals surface area contributed by atoms with Gasteiger partial charge in [-0.3, -0.25) is 0 Å². The molecule has 1 N–H and O–H groups in total. The second kappa shape index (κ2) is 5.76. The van der Waals surface area contributed by atoms with Crippen LogP contribution in [0.15, 0.2) is 24.3 Å². The molecule has 2 heterocycles. The first-order valence-electron chi connectivity index (χ1n) is 7.75. The molecule has 5 heteroatoms. The minimum absolute atomic E-state index is 0.0229. The lowest BCUT2D eigenvalue weighted by Crippen LogP contribution is -2.40. The summed E-state index contributed by atoms with van der Waals surface area (Å²) in [6, 6.07) is 8.29. The van der Waals surface area contributed by atoms with Gasteiger partial charge in [0.05, 0.1) is 17.1 Å². The average molecular weight is 286 g/mol. The van der Waals surface area contributed by atoms with Crippen molar-refractivity contribution in [2.75, 3.05) is 13.1 Å². The second-order valence-corrected chi connectivity index (χ2v) is 5.39. The predicted octanol–water partition coefficient (Wildman–Crippen LogP) is 2.92. The second-order valence-electron chi connectivity index (χ2n) is 5.39. The Labute approximate surface area is 125 Å². The monoisotopic (exact) mass is 286 g/mol. The number of para-hydroxylation sites is 2. The van der Waals surface area contributed by atoms with Crippen LogP contribution >= 0.6 is 0 Å². The highest BCUT2D eigenvalue weighted by Gasteiger charge is 2.33. The van der Waals surface area contributed by atoms with E-state index in [-0.39, 0.29) is 12.1 Å². The minimum Gasteiger partial charge on any atom is -0.338 e. The molecule has 1 aromatic carbocycles. The van der Waals surface area contributed by atoms with Crippen LogP contribution in [0.25, 0.3) is 11.0 Å². The lowest BCUT2D eigenvalue weighted by Gasteiger charge is -2.24. The number of nitrogens with one attached hydrogen (secondary N) is 1. The van der Waals surface area contributed by atoms with Crippen LogP contribution in [0.3, 0.4) is 0 Å². The standard InChI is InChI=1S/C16H22N4O/c1-3-17-16(21)20-11-7-10-14(20)15-18-12-8-5-6-9-13(12)19(15)4-2/h5-6,8-9,14H,3-4,7,10-11H2,1-2H3,(H,17,21)/t14-/m1/s1. The molecule has 21 heavy (non-hydrogen) atoms. The summed E-state index contributed by atoms with van der Waals surface area (Å²) >= 11 is 0. The van der Waals surface area contributed by atoms with E-state index in [1.807, 2.05) is 30.0 Å². The van der Waals surface area contributed by atoms with Gasteiger partial charge in [-0.15, -0.1) is 0 Å². The lowest BCUT2D eigenvalue weighted by molar-refractivity contribution is 0.190. The Kier molecular flexibility index (Phi) is 3.82. The summed E-state index contributed by atoms with van der Waals surface area (Å²) in [5.41, 5.74) is 2.16. The molecule has 3 rings (SSSR count). The maximum absolute atomic E-state index is 12.2. The van der Waals surface area contributed by atoms with Crippen LogP contribution in [0.2, 0.25) is 0 Å². The van der Waals surface area contributed by atoms with Gasteiger partial charge < -0.3 is 14.8 Å². The number of benzene rings is 1. The van der Waals surface area contributed by atoms with Crippen molar-refractivity contribution in [3.8, 4) is 0 Å². The van der Waals surface area contributed by atoms with Crippen LogP contribution in [0.4, 0.5) is 4.79 Å². The number of rotatable bonds is 3. The van der Waals surface area contributed by atoms with E-state index in [0.717, 1.165) is 42.8 Å². The fraction of sp³-hybridized carbons (Fsp3) is 0.500. The summed E-state index contributed by atoms with van der Waals surface area (Å²) < 4.78 is 2.23. The zero-order valence-corrected chi connectivity index (χ0v) is 12.7. The molecule has 0 spiro atoms. The van der Waals surface area contributed by atoms with Crippen molar-refractivity contribution in [1.82, 2.24) is 19.8 Å². The molecule has 2 aromatic rings. The molecule has 2 amide bonds. The first-order chi connectivity index (χ1) is 10.3. The Hall–Kier alpha value is -2.04. The molecule has 0 bridgehead atoms. The Morgan fingerprint density at radius 2 is 2.19 bits per heavy atom. The predicted molar refractivity (Wildman–Crippen MR) is 83.2 cm³/mol. The molecule has 0 saturated carbocycles. The fourth-order valence-corrected chi connectivity index (χ4v) is 3.21. The number of imidazole rings is 1. The number of hydrogen-bond acceptors (Lipinski definition) is 2. The SMILES string of the molecule is CCNC(=O)N1CCC[C@@H]1c1nc2ccccc2n1CC. The Bertz CT molecular complexity index is 649. The third-order valence-corrected chi connectivity index (χ3v) is 4.14. The molecule has 0 aliphatic carbocycles. The highest BCUT2D eigenvalue weighted by Crippen LogP contribution is 2.33. The van der Waals surface area contributed by atoms with E-state index in [1.165, 1.54) is 0 Å². The van der Waals surface area contributed by atoms with Crippen molar-refractivity contribution in [2.45, 2.75) is 39.3 Å². The summed E-state index contributed by atoms with van der Waals surface area (Å²) in [7, 11) is 0. The lowest BCUT2D eigenvalue weighted by atomic mass is 10.2. The third kappa shape index (κ3) is 2.37. The van der Waals surface area contributed by atoms with Gasteiger partial charge in [0.15, 0.2) is 0 Å². The Morgan fingerprint density at radius 3 is 2.95 bits per heavy atom. The van der Waals surface area contributed by atoms with Crippen molar-refractivity contribution >= 4 is 17.1 Å². The minimum atomic E-state index is 0.0229. The molecule has 1 aliphatic rings. The summed E-state index contributed by atoms with van der Waals surface area (Å²) in [5, 5.41) is 2.91. The number of aromatic nitrogens is 2. The van der Waals surface area contributed by atoms with Gasteiger partial charge in [0.1, 0.15) is 5.82 Å². The zero-order valence-electron chi connectivity index (χ0n) is 12.7. The highest BCUT2D eigenvalue weighted by atomic mass is 16.2. The van der Waals surface area contributed by atoms with E-state index in [1.54, 1.807) is 0 Å². The fourth-order valence-electron chi connectivity index (χ4n) is 3.21. The first-order valence-corrected chi connectivity index (χ1v) is 7.75. The Morgan fingerprint density at radius 1 is 1.38 bits per heavy atom. The molecule has 0 unspecified atom stereocenters. The number of amides is 2. The number of fused-ring (bicyclic) bond motifs is 1. The van der Waals surface area contributed by atoms with Crippen LogP contribution in [-0.4, -0.2) is 33.6 Å². The molecule has 1 fully saturated rings. The van der Waals surface area contributed by atoms with E-state index in [4.69, 9.17) is 4.98 Å². The molecular formula is C16H22N4O. The maximum atomic E-state index is 12.2.